The van der Waals surface area contributed by atoms with E-state index in [1.165, 1.54) is 17.0 Å². The van der Waals surface area contributed by atoms with E-state index in [-0.39, 0.29) is 30.2 Å². The molecule has 7 nitrogen and oxygen atoms in total. The van der Waals surface area contributed by atoms with Crippen molar-refractivity contribution in [1.82, 2.24) is 15.2 Å². The molecule has 1 aliphatic rings. The highest BCUT2D eigenvalue weighted by Crippen LogP contribution is 2.30. The Labute approximate surface area is 175 Å². The van der Waals surface area contributed by atoms with Crippen LogP contribution in [-0.2, 0) is 0 Å². The van der Waals surface area contributed by atoms with Gasteiger partial charge in [-0.15, -0.1) is 0 Å². The van der Waals surface area contributed by atoms with Gasteiger partial charge < -0.3 is 20.6 Å². The summed E-state index contributed by atoms with van der Waals surface area (Å²) in [5.41, 5.74) is 2.15. The fourth-order valence-corrected chi connectivity index (χ4v) is 3.06. The van der Waals surface area contributed by atoms with Crippen LogP contribution in [0.25, 0.3) is 11.1 Å². The average Bonchev–Trinajstić information content (AvgIpc) is 3.51. The maximum Gasteiger partial charge on any atom is 0.257 e. The van der Waals surface area contributed by atoms with Crippen molar-refractivity contribution in [1.29, 1.82) is 0 Å². The molecule has 0 aliphatic heterocycles. The van der Waals surface area contributed by atoms with Crippen LogP contribution in [0.3, 0.4) is 0 Å². The number of rotatable bonds is 7. The summed E-state index contributed by atoms with van der Waals surface area (Å²) in [6, 6.07) is 4.33. The summed E-state index contributed by atoms with van der Waals surface area (Å²) < 4.78 is 14.5. The Balaban J connectivity index is 2.04. The lowest BCUT2D eigenvalue weighted by atomic mass is 9.97. The second kappa shape index (κ2) is 8.79. The van der Waals surface area contributed by atoms with Gasteiger partial charge in [0.25, 0.3) is 11.8 Å². The molecule has 1 aromatic heterocycles. The molecule has 160 valence electrons. The van der Waals surface area contributed by atoms with E-state index in [0.29, 0.717) is 28.1 Å². The maximum absolute atomic E-state index is 14.5. The van der Waals surface area contributed by atoms with E-state index in [0.717, 1.165) is 12.8 Å². The number of anilines is 1. The van der Waals surface area contributed by atoms with Crippen LogP contribution >= 0.6 is 0 Å². The molecule has 1 saturated carbocycles. The predicted octanol–water partition coefficient (Wildman–Crippen LogP) is 2.58. The van der Waals surface area contributed by atoms with Gasteiger partial charge >= 0.3 is 0 Å². The molecule has 8 heteroatoms. The van der Waals surface area contributed by atoms with Crippen molar-refractivity contribution >= 4 is 17.6 Å². The van der Waals surface area contributed by atoms with Crippen LogP contribution in [0.2, 0.25) is 0 Å². The zero-order valence-corrected chi connectivity index (χ0v) is 17.6. The first-order valence-electron chi connectivity index (χ1n) is 9.91. The largest absolute Gasteiger partial charge is 0.394 e. The fourth-order valence-electron chi connectivity index (χ4n) is 3.06. The second-order valence-corrected chi connectivity index (χ2v) is 7.94. The summed E-state index contributed by atoms with van der Waals surface area (Å²) in [4.78, 5) is 31.0. The van der Waals surface area contributed by atoms with Crippen LogP contribution in [0.5, 0.6) is 0 Å². The Morgan fingerprint density at radius 1 is 1.27 bits per heavy atom. The molecule has 0 spiro atoms. The summed E-state index contributed by atoms with van der Waals surface area (Å²) in [7, 11) is 3.27. The number of hydrogen-bond acceptors (Lipinski definition) is 5. The predicted molar refractivity (Wildman–Crippen MR) is 113 cm³/mol. The van der Waals surface area contributed by atoms with E-state index in [9.17, 15) is 19.1 Å². The molecular weight excluding hydrogens is 387 g/mol. The molecule has 0 saturated heterocycles. The number of benzene rings is 1. The minimum Gasteiger partial charge on any atom is -0.394 e. The number of nitrogens with zero attached hydrogens (tertiary/aromatic N) is 2. The third kappa shape index (κ3) is 4.76. The summed E-state index contributed by atoms with van der Waals surface area (Å²) in [5.74, 6) is -0.931. The number of hydrogen-bond donors (Lipinski definition) is 3. The number of carbonyl (C=O) groups is 2. The van der Waals surface area contributed by atoms with E-state index in [1.54, 1.807) is 40.2 Å². The number of aliphatic hydroxyl groups excluding tert-OH is 1. The Morgan fingerprint density at radius 2 is 1.97 bits per heavy atom. The zero-order valence-electron chi connectivity index (χ0n) is 17.6. The molecule has 3 rings (SSSR count). The van der Waals surface area contributed by atoms with Crippen molar-refractivity contribution in [2.45, 2.75) is 38.8 Å². The van der Waals surface area contributed by atoms with Crippen LogP contribution in [0, 0.1) is 12.7 Å². The van der Waals surface area contributed by atoms with Crippen LogP contribution in [-0.4, -0.2) is 59.6 Å². The summed E-state index contributed by atoms with van der Waals surface area (Å²) >= 11 is 0. The van der Waals surface area contributed by atoms with Crippen LogP contribution in [0.15, 0.2) is 24.4 Å². The lowest BCUT2D eigenvalue weighted by Gasteiger charge is -2.19. The maximum atomic E-state index is 14.5. The molecule has 0 radical (unpaired) electrons. The van der Waals surface area contributed by atoms with Gasteiger partial charge in [-0.3, -0.25) is 9.59 Å². The molecule has 1 aliphatic carbocycles. The normalized spacial score (nSPS) is 14.2. The van der Waals surface area contributed by atoms with Gasteiger partial charge in [0.05, 0.1) is 17.7 Å². The van der Waals surface area contributed by atoms with Gasteiger partial charge in [0.2, 0.25) is 0 Å². The third-order valence-electron chi connectivity index (χ3n) is 4.96. The molecule has 1 heterocycles. The highest BCUT2D eigenvalue weighted by atomic mass is 19.1. The molecule has 1 atom stereocenters. The lowest BCUT2D eigenvalue weighted by Crippen LogP contribution is -2.27. The van der Waals surface area contributed by atoms with Crippen molar-refractivity contribution in [3.63, 3.8) is 0 Å². The van der Waals surface area contributed by atoms with Crippen molar-refractivity contribution in [3.8, 4) is 11.1 Å². The third-order valence-corrected chi connectivity index (χ3v) is 4.96. The van der Waals surface area contributed by atoms with Gasteiger partial charge in [-0.2, -0.15) is 0 Å². The average molecular weight is 414 g/mol. The number of aryl methyl sites for hydroxylation is 1. The number of amides is 2. The van der Waals surface area contributed by atoms with Gasteiger partial charge in [0, 0.05) is 37.9 Å². The van der Waals surface area contributed by atoms with Crippen molar-refractivity contribution in [2.75, 3.05) is 26.0 Å². The number of nitrogens with one attached hydrogen (secondary N) is 2. The number of halogens is 1. The number of aromatic nitrogens is 1. The quantitative estimate of drug-likeness (QED) is 0.647. The van der Waals surface area contributed by atoms with E-state index in [1.807, 2.05) is 0 Å². The van der Waals surface area contributed by atoms with Gasteiger partial charge in [0.1, 0.15) is 11.6 Å². The van der Waals surface area contributed by atoms with Crippen molar-refractivity contribution in [3.05, 3.63) is 46.9 Å². The molecule has 30 heavy (non-hydrogen) atoms. The zero-order chi connectivity index (χ0) is 22.0. The van der Waals surface area contributed by atoms with Crippen LogP contribution < -0.4 is 10.6 Å². The van der Waals surface area contributed by atoms with E-state index < -0.39 is 11.7 Å². The summed E-state index contributed by atoms with van der Waals surface area (Å²) in [6.07, 6.45) is 3.39. The summed E-state index contributed by atoms with van der Waals surface area (Å²) in [5, 5.41) is 15.1. The van der Waals surface area contributed by atoms with Gasteiger partial charge in [0.15, 0.2) is 0 Å². The summed E-state index contributed by atoms with van der Waals surface area (Å²) in [6.45, 7) is 3.40. The van der Waals surface area contributed by atoms with Crippen molar-refractivity contribution < 1.29 is 19.1 Å². The first-order chi connectivity index (χ1) is 14.2. The highest BCUT2D eigenvalue weighted by Gasteiger charge is 2.26. The van der Waals surface area contributed by atoms with Crippen LogP contribution in [0.1, 0.15) is 46.0 Å². The van der Waals surface area contributed by atoms with Gasteiger partial charge in [-0.1, -0.05) is 0 Å². The monoisotopic (exact) mass is 414 g/mol. The number of pyridine rings is 1. The molecule has 1 aromatic carbocycles. The van der Waals surface area contributed by atoms with E-state index in [4.69, 9.17) is 0 Å². The molecule has 1 fully saturated rings. The molecule has 0 bridgehead atoms. The lowest BCUT2D eigenvalue weighted by molar-refractivity contribution is 0.0827. The Hall–Kier alpha value is -3.00. The first kappa shape index (κ1) is 21.7. The minimum atomic E-state index is -0.581. The standard InChI is InChI=1S/C22H27FN4O3/c1-12-7-19(23)17(21(29)26-15-5-6-15)9-16(12)14-8-18(22(30)27(3)4)20(24-10-14)25-13(2)11-28/h7-10,13,15,28H,5-6,11H2,1-4H3,(H,24,25)(H,26,29)/t13-/m0/s1. The highest BCUT2D eigenvalue weighted by molar-refractivity contribution is 6.00. The fraction of sp³-hybridized carbons (Fsp3) is 0.409. The smallest absolute Gasteiger partial charge is 0.257 e. The Morgan fingerprint density at radius 3 is 2.57 bits per heavy atom. The Bertz CT molecular complexity index is 973. The van der Waals surface area contributed by atoms with E-state index >= 15 is 0 Å². The topological polar surface area (TPSA) is 94.6 Å². The van der Waals surface area contributed by atoms with Gasteiger partial charge in [-0.25, -0.2) is 9.37 Å². The first-order valence-corrected chi connectivity index (χ1v) is 9.91. The SMILES string of the molecule is Cc1cc(F)c(C(=O)NC2CC2)cc1-c1cnc(N[C@@H](C)CO)c(C(=O)N(C)C)c1. The van der Waals surface area contributed by atoms with E-state index in [2.05, 4.69) is 15.6 Å². The second-order valence-electron chi connectivity index (χ2n) is 7.94. The molecule has 3 N–H and O–H groups in total. The molecule has 2 aromatic rings. The number of carbonyl (C=O) groups excluding carboxylic acids is 2. The Kier molecular flexibility index (Phi) is 6.36. The van der Waals surface area contributed by atoms with Crippen LogP contribution in [0.4, 0.5) is 10.2 Å². The van der Waals surface area contributed by atoms with Gasteiger partial charge in [-0.05, 0) is 56.0 Å². The molecule has 0 unspecified atom stereocenters. The molecule has 2 amide bonds. The molecular formula is C22H27FN4O3. The minimum absolute atomic E-state index is 0.0286. The number of aliphatic hydroxyl groups is 1. The van der Waals surface area contributed by atoms with Crippen molar-refractivity contribution in [2.24, 2.45) is 0 Å².